The van der Waals surface area contributed by atoms with Gasteiger partial charge in [0.15, 0.2) is 15.7 Å². The van der Waals surface area contributed by atoms with Crippen molar-refractivity contribution >= 4 is 42.5 Å². The molecule has 0 unspecified atom stereocenters. The van der Waals surface area contributed by atoms with E-state index in [9.17, 15) is 26.4 Å². The molecule has 3 heterocycles. The van der Waals surface area contributed by atoms with Crippen LogP contribution < -0.4 is 11.3 Å². The second-order valence-corrected chi connectivity index (χ2v) is 9.42. The molecule has 2 N–H and O–H groups in total. The molecule has 30 heavy (non-hydrogen) atoms. The van der Waals surface area contributed by atoms with Crippen LogP contribution in [0.3, 0.4) is 0 Å². The summed E-state index contributed by atoms with van der Waals surface area (Å²) < 4.78 is 67.4. The molecule has 3 aromatic rings. The minimum absolute atomic E-state index is 0.0669. The number of hydrogen-bond donors (Lipinski definition) is 1. The number of hydrogen-bond acceptors (Lipinski definition) is 6. The fraction of sp³-hybridized carbons (Fsp3) is 0.353. The molecule has 3 rings (SSSR count). The van der Waals surface area contributed by atoms with Crippen LogP contribution in [0.1, 0.15) is 19.5 Å². The van der Waals surface area contributed by atoms with Gasteiger partial charge in [0.2, 0.25) is 0 Å². The summed E-state index contributed by atoms with van der Waals surface area (Å²) in [5.74, 6) is -0.329. The topological polar surface area (TPSA) is 113 Å². The SMILES string of the molecule is CCn1c(C(F)(F)F)cc2nc(-c3nc(Br)c(N)cc3S(=O)(=O)CC)n(C)c2c1=O. The van der Waals surface area contributed by atoms with Gasteiger partial charge >= 0.3 is 6.18 Å². The molecule has 3 aromatic heterocycles. The molecule has 0 amide bonds. The fourth-order valence-electron chi connectivity index (χ4n) is 3.12. The zero-order chi connectivity index (χ0) is 22.6. The molecular weight excluding hydrogens is 491 g/mol. The first-order valence-corrected chi connectivity index (χ1v) is 11.1. The van der Waals surface area contributed by atoms with Crippen molar-refractivity contribution in [2.45, 2.75) is 31.5 Å². The molecule has 0 aliphatic heterocycles. The van der Waals surface area contributed by atoms with Crippen LogP contribution >= 0.6 is 15.9 Å². The quantitative estimate of drug-likeness (QED) is 0.543. The van der Waals surface area contributed by atoms with Gasteiger partial charge in [-0.1, -0.05) is 6.92 Å². The van der Waals surface area contributed by atoms with Crippen molar-refractivity contribution in [3.63, 3.8) is 0 Å². The van der Waals surface area contributed by atoms with Crippen LogP contribution in [0, 0.1) is 0 Å². The molecule has 0 radical (unpaired) electrons. The summed E-state index contributed by atoms with van der Waals surface area (Å²) in [6.45, 7) is 2.65. The minimum atomic E-state index is -4.76. The number of aryl methyl sites for hydroxylation is 1. The van der Waals surface area contributed by atoms with Crippen LogP contribution in [-0.2, 0) is 29.6 Å². The van der Waals surface area contributed by atoms with Crippen LogP contribution in [0.2, 0.25) is 0 Å². The van der Waals surface area contributed by atoms with Gasteiger partial charge in [0.05, 0.1) is 21.9 Å². The van der Waals surface area contributed by atoms with Crippen LogP contribution in [0.15, 0.2) is 26.4 Å². The molecular formula is C17H17BrF3N5O3S. The number of nitrogen functional groups attached to an aromatic ring is 1. The van der Waals surface area contributed by atoms with E-state index in [1.807, 2.05) is 0 Å². The number of anilines is 1. The Bertz CT molecular complexity index is 1330. The molecule has 162 valence electrons. The van der Waals surface area contributed by atoms with E-state index in [-0.39, 0.29) is 50.0 Å². The monoisotopic (exact) mass is 507 g/mol. The van der Waals surface area contributed by atoms with Gasteiger partial charge in [-0.3, -0.25) is 4.79 Å². The van der Waals surface area contributed by atoms with Gasteiger partial charge in [-0.2, -0.15) is 13.2 Å². The molecule has 0 aromatic carbocycles. The number of alkyl halides is 3. The van der Waals surface area contributed by atoms with E-state index in [0.717, 1.165) is 6.07 Å². The van der Waals surface area contributed by atoms with E-state index < -0.39 is 27.3 Å². The van der Waals surface area contributed by atoms with E-state index >= 15 is 0 Å². The van der Waals surface area contributed by atoms with Crippen LogP contribution in [0.25, 0.3) is 22.6 Å². The maximum absolute atomic E-state index is 13.4. The van der Waals surface area contributed by atoms with Crippen molar-refractivity contribution in [1.82, 2.24) is 19.1 Å². The third kappa shape index (κ3) is 3.49. The summed E-state index contributed by atoms with van der Waals surface area (Å²) in [4.78, 5) is 20.8. The van der Waals surface area contributed by atoms with E-state index in [4.69, 9.17) is 5.73 Å². The first-order chi connectivity index (χ1) is 13.8. The lowest BCUT2D eigenvalue weighted by atomic mass is 10.3. The summed E-state index contributed by atoms with van der Waals surface area (Å²) in [5.41, 5.74) is 3.38. The van der Waals surface area contributed by atoms with Crippen LogP contribution in [0.5, 0.6) is 0 Å². The summed E-state index contributed by atoms with van der Waals surface area (Å²) in [6.07, 6.45) is -4.76. The van der Waals surface area contributed by atoms with Crippen molar-refractivity contribution in [2.75, 3.05) is 11.5 Å². The Morgan fingerprint density at radius 3 is 2.37 bits per heavy atom. The van der Waals surface area contributed by atoms with Crippen molar-refractivity contribution in [3.05, 3.63) is 32.8 Å². The van der Waals surface area contributed by atoms with E-state index in [1.54, 1.807) is 0 Å². The molecule has 0 aliphatic carbocycles. The number of sulfone groups is 1. The fourth-order valence-corrected chi connectivity index (χ4v) is 4.46. The van der Waals surface area contributed by atoms with E-state index in [0.29, 0.717) is 4.57 Å². The van der Waals surface area contributed by atoms with Crippen molar-refractivity contribution in [3.8, 4) is 11.5 Å². The molecule has 0 saturated heterocycles. The standard InChI is InChI=1S/C17H17BrF3N5O3S/c1-4-26-11(17(19,20)21)7-9-13(16(26)27)25(3)15(23-9)12-10(30(28,29)5-2)6-8(22)14(18)24-12/h6-7H,4-5,22H2,1-3H3. The first-order valence-electron chi connectivity index (χ1n) is 8.70. The average molecular weight is 508 g/mol. The molecule has 0 atom stereocenters. The lowest BCUT2D eigenvalue weighted by Crippen LogP contribution is -2.28. The van der Waals surface area contributed by atoms with Gasteiger partial charge in [-0.05, 0) is 35.0 Å². The Kier molecular flexibility index (Phi) is 5.48. The third-order valence-corrected chi connectivity index (χ3v) is 7.01. The molecule has 13 heteroatoms. The van der Waals surface area contributed by atoms with Gasteiger partial charge in [-0.25, -0.2) is 18.4 Å². The van der Waals surface area contributed by atoms with Crippen molar-refractivity contribution < 1.29 is 21.6 Å². The number of fused-ring (bicyclic) bond motifs is 1. The largest absolute Gasteiger partial charge is 0.431 e. The number of nitrogens with two attached hydrogens (primary N) is 1. The predicted octanol–water partition coefficient (Wildman–Crippen LogP) is 2.97. The minimum Gasteiger partial charge on any atom is -0.397 e. The lowest BCUT2D eigenvalue weighted by molar-refractivity contribution is -0.144. The zero-order valence-electron chi connectivity index (χ0n) is 16.1. The molecule has 0 spiro atoms. The third-order valence-electron chi connectivity index (χ3n) is 4.64. The molecule has 0 bridgehead atoms. The van der Waals surface area contributed by atoms with Gasteiger partial charge in [0, 0.05) is 13.6 Å². The number of halogens is 4. The summed E-state index contributed by atoms with van der Waals surface area (Å²) >= 11 is 3.13. The highest BCUT2D eigenvalue weighted by Gasteiger charge is 2.36. The second kappa shape index (κ2) is 7.38. The Balaban J connectivity index is 2.46. The molecule has 0 aliphatic rings. The van der Waals surface area contributed by atoms with Gasteiger partial charge in [-0.15, -0.1) is 0 Å². The Labute approximate surface area is 177 Å². The summed E-state index contributed by atoms with van der Waals surface area (Å²) in [7, 11) is -2.39. The van der Waals surface area contributed by atoms with Crippen LogP contribution in [0.4, 0.5) is 18.9 Å². The second-order valence-electron chi connectivity index (χ2n) is 6.42. The predicted molar refractivity (Wildman–Crippen MR) is 109 cm³/mol. The summed E-state index contributed by atoms with van der Waals surface area (Å²) in [5, 5.41) is 0. The highest BCUT2D eigenvalue weighted by molar-refractivity contribution is 9.10. The maximum Gasteiger partial charge on any atom is 0.431 e. The number of aromatic nitrogens is 4. The van der Waals surface area contributed by atoms with E-state index in [1.165, 1.54) is 31.5 Å². The maximum atomic E-state index is 13.4. The lowest BCUT2D eigenvalue weighted by Gasteiger charge is -2.14. The number of imidazole rings is 1. The number of rotatable bonds is 4. The highest BCUT2D eigenvalue weighted by Crippen LogP contribution is 2.34. The molecule has 8 nitrogen and oxygen atoms in total. The Morgan fingerprint density at radius 2 is 1.83 bits per heavy atom. The first kappa shape index (κ1) is 22.3. The number of nitrogens with zero attached hydrogens (tertiary/aromatic N) is 4. The van der Waals surface area contributed by atoms with Crippen LogP contribution in [-0.4, -0.2) is 33.3 Å². The van der Waals surface area contributed by atoms with Gasteiger partial charge < -0.3 is 14.9 Å². The number of pyridine rings is 2. The summed E-state index contributed by atoms with van der Waals surface area (Å²) in [6, 6.07) is 1.97. The Morgan fingerprint density at radius 1 is 1.20 bits per heavy atom. The van der Waals surface area contributed by atoms with E-state index in [2.05, 4.69) is 25.9 Å². The average Bonchev–Trinajstić information content (AvgIpc) is 2.99. The van der Waals surface area contributed by atoms with Gasteiger partial charge in [0.25, 0.3) is 5.56 Å². The van der Waals surface area contributed by atoms with Crippen molar-refractivity contribution in [1.29, 1.82) is 0 Å². The smallest absolute Gasteiger partial charge is 0.397 e. The Hall–Kier alpha value is -2.41. The van der Waals surface area contributed by atoms with Crippen molar-refractivity contribution in [2.24, 2.45) is 7.05 Å². The van der Waals surface area contributed by atoms with Gasteiger partial charge in [0.1, 0.15) is 21.5 Å². The molecule has 0 fully saturated rings. The highest BCUT2D eigenvalue weighted by atomic mass is 79.9. The molecule has 0 saturated carbocycles. The zero-order valence-corrected chi connectivity index (χ0v) is 18.5. The normalized spacial score (nSPS) is 12.6.